The third-order valence-electron chi connectivity index (χ3n) is 4.01. The zero-order valence-corrected chi connectivity index (χ0v) is 12.9. The smallest absolute Gasteiger partial charge is 0.310 e. The van der Waals surface area contributed by atoms with Crippen LogP contribution in [0.4, 0.5) is 13.2 Å². The number of hydrogen-bond donors (Lipinski definition) is 1. The number of hydrogen-bond acceptors (Lipinski definition) is 1. The normalized spacial score (nSPS) is 14.4. The zero-order valence-electron chi connectivity index (χ0n) is 12.9. The minimum absolute atomic E-state index is 0.0134. The van der Waals surface area contributed by atoms with Crippen molar-refractivity contribution >= 4 is 0 Å². The van der Waals surface area contributed by atoms with Gasteiger partial charge in [0.25, 0.3) is 0 Å². The average molecular weight is 287 g/mol. The van der Waals surface area contributed by atoms with E-state index in [1.165, 1.54) is 12.1 Å². The topological polar surface area (TPSA) is 12.0 Å². The second-order valence-electron chi connectivity index (χ2n) is 5.90. The molecule has 0 saturated carbocycles. The first-order chi connectivity index (χ1) is 9.13. The quantitative estimate of drug-likeness (QED) is 0.794. The Labute approximate surface area is 119 Å². The first-order valence-electron chi connectivity index (χ1n) is 7.04. The van der Waals surface area contributed by atoms with Crippen molar-refractivity contribution < 1.29 is 13.2 Å². The number of aryl methyl sites for hydroxylation is 1. The van der Waals surface area contributed by atoms with Crippen molar-refractivity contribution in [3.8, 4) is 0 Å². The van der Waals surface area contributed by atoms with E-state index < -0.39 is 11.7 Å². The first-order valence-corrected chi connectivity index (χ1v) is 7.04. The van der Waals surface area contributed by atoms with Crippen LogP contribution in [0.3, 0.4) is 0 Å². The molecule has 4 heteroatoms. The standard InChI is InChI=1S/C16H24F3N/c1-6-15(4,5)14(20-7-2)13-9-8-12(10-11(13)3)16(17,18)19/h8-10,14,20H,6-7H2,1-5H3. The van der Waals surface area contributed by atoms with Crippen molar-refractivity contribution in [1.82, 2.24) is 5.32 Å². The molecule has 0 amide bonds. The van der Waals surface area contributed by atoms with Crippen molar-refractivity contribution in [2.45, 2.75) is 53.3 Å². The van der Waals surface area contributed by atoms with Crippen LogP contribution in [-0.2, 0) is 6.18 Å². The van der Waals surface area contributed by atoms with Gasteiger partial charge in [-0.05, 0) is 48.6 Å². The molecule has 1 nitrogen and oxygen atoms in total. The van der Waals surface area contributed by atoms with E-state index in [2.05, 4.69) is 26.1 Å². The summed E-state index contributed by atoms with van der Waals surface area (Å²) in [5.74, 6) is 0. The van der Waals surface area contributed by atoms with Gasteiger partial charge in [-0.25, -0.2) is 0 Å². The Morgan fingerprint density at radius 3 is 2.15 bits per heavy atom. The average Bonchev–Trinajstić information content (AvgIpc) is 2.35. The Balaban J connectivity index is 3.23. The molecule has 1 N–H and O–H groups in total. The Morgan fingerprint density at radius 1 is 1.15 bits per heavy atom. The largest absolute Gasteiger partial charge is 0.416 e. The zero-order chi connectivity index (χ0) is 15.6. The van der Waals surface area contributed by atoms with Crippen molar-refractivity contribution in [1.29, 1.82) is 0 Å². The molecule has 0 spiro atoms. The molecule has 1 atom stereocenters. The molecular formula is C16H24F3N. The van der Waals surface area contributed by atoms with Crippen LogP contribution < -0.4 is 5.32 Å². The minimum Gasteiger partial charge on any atom is -0.310 e. The van der Waals surface area contributed by atoms with Crippen molar-refractivity contribution in [2.75, 3.05) is 6.54 Å². The molecule has 0 bridgehead atoms. The van der Waals surface area contributed by atoms with Gasteiger partial charge in [0.15, 0.2) is 0 Å². The van der Waals surface area contributed by atoms with Gasteiger partial charge in [-0.3, -0.25) is 0 Å². The molecule has 0 aromatic heterocycles. The van der Waals surface area contributed by atoms with E-state index in [0.717, 1.165) is 18.5 Å². The van der Waals surface area contributed by atoms with Gasteiger partial charge in [-0.2, -0.15) is 13.2 Å². The summed E-state index contributed by atoms with van der Waals surface area (Å²) in [5, 5.41) is 3.41. The number of rotatable bonds is 5. The van der Waals surface area contributed by atoms with E-state index in [-0.39, 0.29) is 11.5 Å². The fraction of sp³-hybridized carbons (Fsp3) is 0.625. The monoisotopic (exact) mass is 287 g/mol. The maximum atomic E-state index is 12.7. The fourth-order valence-electron chi connectivity index (χ4n) is 2.39. The molecular weight excluding hydrogens is 263 g/mol. The SMILES string of the molecule is CCNC(c1ccc(C(F)(F)F)cc1C)C(C)(C)CC. The summed E-state index contributed by atoms with van der Waals surface area (Å²) in [6.07, 6.45) is -3.33. The fourth-order valence-corrected chi connectivity index (χ4v) is 2.39. The highest BCUT2D eigenvalue weighted by Crippen LogP contribution is 2.39. The summed E-state index contributed by atoms with van der Waals surface area (Å²) in [5.41, 5.74) is 1.04. The molecule has 0 radical (unpaired) electrons. The molecule has 0 aliphatic rings. The molecule has 114 valence electrons. The third-order valence-corrected chi connectivity index (χ3v) is 4.01. The van der Waals surface area contributed by atoms with Gasteiger partial charge in [0.05, 0.1) is 5.56 Å². The van der Waals surface area contributed by atoms with Crippen molar-refractivity contribution in [2.24, 2.45) is 5.41 Å². The molecule has 0 aliphatic carbocycles. The number of benzene rings is 1. The van der Waals surface area contributed by atoms with Gasteiger partial charge in [-0.15, -0.1) is 0 Å². The van der Waals surface area contributed by atoms with Gasteiger partial charge in [0.1, 0.15) is 0 Å². The lowest BCUT2D eigenvalue weighted by Crippen LogP contribution is -2.34. The lowest BCUT2D eigenvalue weighted by atomic mass is 9.77. The summed E-state index contributed by atoms with van der Waals surface area (Å²) in [6, 6.07) is 4.09. The summed E-state index contributed by atoms with van der Waals surface area (Å²) in [7, 11) is 0. The van der Waals surface area contributed by atoms with Crippen molar-refractivity contribution in [3.63, 3.8) is 0 Å². The van der Waals surface area contributed by atoms with Gasteiger partial charge in [0.2, 0.25) is 0 Å². The van der Waals surface area contributed by atoms with E-state index in [0.29, 0.717) is 5.56 Å². The Hall–Kier alpha value is -1.03. The van der Waals surface area contributed by atoms with E-state index in [4.69, 9.17) is 0 Å². The lowest BCUT2D eigenvalue weighted by Gasteiger charge is -2.35. The van der Waals surface area contributed by atoms with Gasteiger partial charge in [-0.1, -0.05) is 33.8 Å². The van der Waals surface area contributed by atoms with E-state index in [9.17, 15) is 13.2 Å². The van der Waals surface area contributed by atoms with Crippen LogP contribution in [0.15, 0.2) is 18.2 Å². The van der Waals surface area contributed by atoms with Gasteiger partial charge < -0.3 is 5.32 Å². The molecule has 0 fully saturated rings. The van der Waals surface area contributed by atoms with Crippen molar-refractivity contribution in [3.05, 3.63) is 34.9 Å². The second-order valence-corrected chi connectivity index (χ2v) is 5.90. The number of nitrogens with one attached hydrogen (secondary N) is 1. The summed E-state index contributed by atoms with van der Waals surface area (Å²) < 4.78 is 38.2. The molecule has 1 aromatic rings. The van der Waals surface area contributed by atoms with Crippen LogP contribution in [0.5, 0.6) is 0 Å². The summed E-state index contributed by atoms with van der Waals surface area (Å²) in [4.78, 5) is 0. The van der Waals surface area contributed by atoms with E-state index in [1.54, 1.807) is 13.0 Å². The molecule has 0 heterocycles. The van der Waals surface area contributed by atoms with Crippen LogP contribution in [-0.4, -0.2) is 6.54 Å². The van der Waals surface area contributed by atoms with Gasteiger partial charge >= 0.3 is 6.18 Å². The number of alkyl halides is 3. The highest BCUT2D eigenvalue weighted by molar-refractivity contribution is 5.35. The van der Waals surface area contributed by atoms with Crippen LogP contribution in [0, 0.1) is 12.3 Å². The second kappa shape index (κ2) is 6.17. The summed E-state index contributed by atoms with van der Waals surface area (Å²) >= 11 is 0. The maximum Gasteiger partial charge on any atom is 0.416 e. The maximum absolute atomic E-state index is 12.7. The van der Waals surface area contributed by atoms with E-state index in [1.807, 2.05) is 6.92 Å². The van der Waals surface area contributed by atoms with E-state index >= 15 is 0 Å². The molecule has 0 saturated heterocycles. The first kappa shape index (κ1) is 17.0. The van der Waals surface area contributed by atoms with Gasteiger partial charge in [0, 0.05) is 6.04 Å². The van der Waals surface area contributed by atoms with Crippen LogP contribution in [0.25, 0.3) is 0 Å². The molecule has 1 aromatic carbocycles. The summed E-state index contributed by atoms with van der Waals surface area (Å²) in [6.45, 7) is 10.9. The molecule has 1 unspecified atom stereocenters. The highest BCUT2D eigenvalue weighted by Gasteiger charge is 2.33. The highest BCUT2D eigenvalue weighted by atomic mass is 19.4. The molecule has 0 aliphatic heterocycles. The lowest BCUT2D eigenvalue weighted by molar-refractivity contribution is -0.137. The Kier molecular flexibility index (Phi) is 5.25. The minimum atomic E-state index is -4.28. The third kappa shape index (κ3) is 3.75. The number of halogens is 3. The van der Waals surface area contributed by atoms with Crippen LogP contribution in [0.2, 0.25) is 0 Å². The van der Waals surface area contributed by atoms with Crippen LogP contribution >= 0.6 is 0 Å². The Bertz CT molecular complexity index is 450. The predicted octanol–water partition coefficient (Wildman–Crippen LogP) is 5.10. The molecule has 1 rings (SSSR count). The van der Waals surface area contributed by atoms with Crippen LogP contribution in [0.1, 0.15) is 56.8 Å². The Morgan fingerprint density at radius 2 is 1.75 bits per heavy atom. The molecule has 20 heavy (non-hydrogen) atoms. The predicted molar refractivity (Wildman–Crippen MR) is 76.7 cm³/mol.